The number of carbonyl (C=O) groups is 2. The number of carboxylic acids is 1. The molecule has 0 amide bonds. The van der Waals surface area contributed by atoms with Crippen LogP contribution in [0.5, 0.6) is 5.75 Å². The van der Waals surface area contributed by atoms with Crippen LogP contribution in [0.2, 0.25) is 0 Å². The average molecular weight is 563 g/mol. The predicted octanol–water partition coefficient (Wildman–Crippen LogP) is 7.02. The van der Waals surface area contributed by atoms with Gasteiger partial charge in [0.2, 0.25) is 0 Å². The van der Waals surface area contributed by atoms with E-state index in [2.05, 4.69) is 41.4 Å². The molecule has 0 bridgehead atoms. The van der Waals surface area contributed by atoms with Crippen LogP contribution in [-0.2, 0) is 11.2 Å². The Labute approximate surface area is 248 Å². The maximum Gasteiger partial charge on any atom is 0.326 e. The standard InChI is InChI=1S/C36H38N2O4/c1-26-10-5-8-17-34(26)38(25-28-11-9-12-28)22-23-42-30-20-18-27(19-21-30)24-33(36(40)41)37-32-16-7-6-15-31(32)35(39)29-13-3-2-4-14-29/h2-8,10,13-21,28,33,37H,9,11-12,22-25H2,1H3,(H,40,41)/t33-/m0/s1. The Morgan fingerprint density at radius 1 is 0.905 bits per heavy atom. The zero-order chi connectivity index (χ0) is 29.3. The van der Waals surface area contributed by atoms with E-state index in [-0.39, 0.29) is 12.2 Å². The molecule has 6 heteroatoms. The van der Waals surface area contributed by atoms with Gasteiger partial charge in [-0.3, -0.25) is 4.79 Å². The maximum atomic E-state index is 13.1. The molecule has 0 spiro atoms. The Kier molecular flexibility index (Phi) is 9.55. The topological polar surface area (TPSA) is 78.9 Å². The summed E-state index contributed by atoms with van der Waals surface area (Å²) in [6, 6.07) is 31.2. The highest BCUT2D eigenvalue weighted by Gasteiger charge is 2.23. The molecule has 0 radical (unpaired) electrons. The van der Waals surface area contributed by atoms with Gasteiger partial charge in [0, 0.05) is 35.5 Å². The van der Waals surface area contributed by atoms with Gasteiger partial charge in [0.25, 0.3) is 0 Å². The highest BCUT2D eigenvalue weighted by atomic mass is 16.5. The largest absolute Gasteiger partial charge is 0.492 e. The first kappa shape index (κ1) is 28.9. The lowest BCUT2D eigenvalue weighted by Crippen LogP contribution is -2.36. The smallest absolute Gasteiger partial charge is 0.326 e. The van der Waals surface area contributed by atoms with E-state index in [0.29, 0.717) is 23.4 Å². The van der Waals surface area contributed by atoms with E-state index in [9.17, 15) is 14.7 Å². The Hall–Kier alpha value is -4.58. The number of nitrogens with zero attached hydrogens (tertiary/aromatic N) is 1. The molecule has 1 fully saturated rings. The fourth-order valence-electron chi connectivity index (χ4n) is 5.39. The van der Waals surface area contributed by atoms with Crippen molar-refractivity contribution in [2.45, 2.75) is 38.6 Å². The van der Waals surface area contributed by atoms with Crippen molar-refractivity contribution in [2.75, 3.05) is 29.9 Å². The lowest BCUT2D eigenvalue weighted by Gasteiger charge is -2.34. The number of nitrogens with one attached hydrogen (secondary N) is 1. The Balaban J connectivity index is 1.20. The zero-order valence-corrected chi connectivity index (χ0v) is 24.0. The summed E-state index contributed by atoms with van der Waals surface area (Å²) < 4.78 is 6.11. The number of ketones is 1. The van der Waals surface area contributed by atoms with Crippen LogP contribution in [0.4, 0.5) is 11.4 Å². The number of ether oxygens (including phenoxy) is 1. The Morgan fingerprint density at radius 2 is 1.60 bits per heavy atom. The normalized spacial score (nSPS) is 13.5. The summed E-state index contributed by atoms with van der Waals surface area (Å²) in [6.07, 6.45) is 4.18. The highest BCUT2D eigenvalue weighted by molar-refractivity contribution is 6.12. The minimum absolute atomic E-state index is 0.155. The number of hydrogen-bond donors (Lipinski definition) is 2. The average Bonchev–Trinajstić information content (AvgIpc) is 2.99. The lowest BCUT2D eigenvalue weighted by atomic mass is 9.85. The van der Waals surface area contributed by atoms with Gasteiger partial charge in [-0.2, -0.15) is 0 Å². The summed E-state index contributed by atoms with van der Waals surface area (Å²) in [7, 11) is 0. The molecule has 1 saturated carbocycles. The number of carboxylic acid groups (broad SMARTS) is 1. The molecule has 216 valence electrons. The van der Waals surface area contributed by atoms with Crippen LogP contribution in [0.25, 0.3) is 0 Å². The van der Waals surface area contributed by atoms with E-state index in [4.69, 9.17) is 4.74 Å². The molecule has 42 heavy (non-hydrogen) atoms. The van der Waals surface area contributed by atoms with Crippen molar-refractivity contribution in [1.29, 1.82) is 0 Å². The molecular formula is C36H38N2O4. The number of anilines is 2. The molecule has 0 unspecified atom stereocenters. The number of rotatable bonds is 14. The molecule has 4 aromatic carbocycles. The van der Waals surface area contributed by atoms with Gasteiger partial charge in [0.15, 0.2) is 5.78 Å². The first-order valence-electron chi connectivity index (χ1n) is 14.7. The van der Waals surface area contributed by atoms with Crippen LogP contribution in [0.1, 0.15) is 46.3 Å². The van der Waals surface area contributed by atoms with Gasteiger partial charge < -0.3 is 20.1 Å². The van der Waals surface area contributed by atoms with Gasteiger partial charge >= 0.3 is 5.97 Å². The summed E-state index contributed by atoms with van der Waals surface area (Å²) in [5.41, 5.74) is 4.90. The predicted molar refractivity (Wildman–Crippen MR) is 168 cm³/mol. The molecule has 0 aliphatic heterocycles. The van der Waals surface area contributed by atoms with Crippen molar-refractivity contribution in [3.05, 3.63) is 125 Å². The van der Waals surface area contributed by atoms with Gasteiger partial charge in [0.1, 0.15) is 18.4 Å². The van der Waals surface area contributed by atoms with Gasteiger partial charge in [-0.05, 0) is 67.1 Å². The van der Waals surface area contributed by atoms with Crippen molar-refractivity contribution in [3.8, 4) is 5.75 Å². The van der Waals surface area contributed by atoms with Crippen molar-refractivity contribution in [3.63, 3.8) is 0 Å². The number of aliphatic carboxylic acids is 1. The number of carbonyl (C=O) groups excluding carboxylic acids is 1. The minimum atomic E-state index is -0.986. The fourth-order valence-corrected chi connectivity index (χ4v) is 5.39. The van der Waals surface area contributed by atoms with Crippen LogP contribution >= 0.6 is 0 Å². The Morgan fingerprint density at radius 3 is 2.29 bits per heavy atom. The van der Waals surface area contributed by atoms with E-state index in [0.717, 1.165) is 30.3 Å². The second-order valence-corrected chi connectivity index (χ2v) is 11.0. The van der Waals surface area contributed by atoms with Crippen molar-refractivity contribution < 1.29 is 19.4 Å². The van der Waals surface area contributed by atoms with E-state index in [1.54, 1.807) is 36.4 Å². The monoisotopic (exact) mass is 562 g/mol. The first-order chi connectivity index (χ1) is 20.5. The lowest BCUT2D eigenvalue weighted by molar-refractivity contribution is -0.137. The number of hydrogen-bond acceptors (Lipinski definition) is 5. The molecule has 5 rings (SSSR count). The second kappa shape index (κ2) is 13.9. The van der Waals surface area contributed by atoms with Gasteiger partial charge in [-0.15, -0.1) is 0 Å². The van der Waals surface area contributed by atoms with Gasteiger partial charge in [0.05, 0.1) is 6.54 Å². The van der Waals surface area contributed by atoms with E-state index in [1.807, 2.05) is 42.5 Å². The van der Waals surface area contributed by atoms with Crippen LogP contribution in [0, 0.1) is 12.8 Å². The van der Waals surface area contributed by atoms with E-state index in [1.165, 1.54) is 30.5 Å². The minimum Gasteiger partial charge on any atom is -0.492 e. The molecule has 0 aromatic heterocycles. The van der Waals surface area contributed by atoms with Crippen LogP contribution in [0.15, 0.2) is 103 Å². The number of aryl methyl sites for hydroxylation is 1. The maximum absolute atomic E-state index is 13.1. The molecule has 1 aliphatic rings. The molecule has 1 aliphatic carbocycles. The number of benzene rings is 4. The molecule has 0 saturated heterocycles. The summed E-state index contributed by atoms with van der Waals surface area (Å²) in [5, 5.41) is 13.1. The van der Waals surface area contributed by atoms with E-state index >= 15 is 0 Å². The van der Waals surface area contributed by atoms with Gasteiger partial charge in [-0.25, -0.2) is 4.79 Å². The molecule has 0 heterocycles. The third kappa shape index (κ3) is 7.38. The molecule has 2 N–H and O–H groups in total. The molecular weight excluding hydrogens is 524 g/mol. The van der Waals surface area contributed by atoms with Gasteiger partial charge in [-0.1, -0.05) is 79.2 Å². The highest BCUT2D eigenvalue weighted by Crippen LogP contribution is 2.30. The SMILES string of the molecule is Cc1ccccc1N(CCOc1ccc(C[C@H](Nc2ccccc2C(=O)c2ccccc2)C(=O)O)cc1)CC1CCC1. The third-order valence-corrected chi connectivity index (χ3v) is 7.99. The summed E-state index contributed by atoms with van der Waals surface area (Å²) in [6.45, 7) is 4.57. The summed E-state index contributed by atoms with van der Waals surface area (Å²) in [5.74, 6) is 0.368. The second-order valence-electron chi connectivity index (χ2n) is 11.0. The molecule has 4 aromatic rings. The van der Waals surface area contributed by atoms with Crippen LogP contribution in [-0.4, -0.2) is 42.6 Å². The van der Waals surface area contributed by atoms with Crippen LogP contribution < -0.4 is 15.0 Å². The Bertz CT molecular complexity index is 1480. The van der Waals surface area contributed by atoms with Crippen molar-refractivity contribution in [1.82, 2.24) is 0 Å². The van der Waals surface area contributed by atoms with Crippen molar-refractivity contribution >= 4 is 23.1 Å². The number of para-hydroxylation sites is 2. The summed E-state index contributed by atoms with van der Waals surface area (Å²) >= 11 is 0. The van der Waals surface area contributed by atoms with Crippen LogP contribution in [0.3, 0.4) is 0 Å². The summed E-state index contributed by atoms with van der Waals surface area (Å²) in [4.78, 5) is 27.7. The fraction of sp³-hybridized carbons (Fsp3) is 0.278. The zero-order valence-electron chi connectivity index (χ0n) is 24.0. The van der Waals surface area contributed by atoms with E-state index < -0.39 is 12.0 Å². The molecule has 1 atom stereocenters. The first-order valence-corrected chi connectivity index (χ1v) is 14.7. The molecule has 6 nitrogen and oxygen atoms in total. The third-order valence-electron chi connectivity index (χ3n) is 7.99. The van der Waals surface area contributed by atoms with Crippen molar-refractivity contribution in [2.24, 2.45) is 5.92 Å². The quantitative estimate of drug-likeness (QED) is 0.161.